The molecule has 0 N–H and O–H groups in total. The highest BCUT2D eigenvalue weighted by Gasteiger charge is 2.26. The molecule has 1 aromatic carbocycles. The number of hydrogen-bond donors (Lipinski definition) is 0. The van der Waals surface area contributed by atoms with Gasteiger partial charge < -0.3 is 9.47 Å². The average Bonchev–Trinajstić information content (AvgIpc) is 2.38. The van der Waals surface area contributed by atoms with Crippen LogP contribution in [0.1, 0.15) is 32.3 Å². The maximum atomic E-state index is 11.2. The Morgan fingerprint density at radius 1 is 1.33 bits per heavy atom. The van der Waals surface area contributed by atoms with Gasteiger partial charge in [0.2, 0.25) is 0 Å². The van der Waals surface area contributed by atoms with Crippen molar-refractivity contribution in [3.05, 3.63) is 35.9 Å². The van der Waals surface area contributed by atoms with Crippen LogP contribution in [0.25, 0.3) is 0 Å². The van der Waals surface area contributed by atoms with Crippen molar-refractivity contribution in [3.8, 4) is 11.8 Å². The molecule has 0 aliphatic rings. The van der Waals surface area contributed by atoms with Gasteiger partial charge in [-0.15, -0.1) is 0 Å². The van der Waals surface area contributed by atoms with Crippen molar-refractivity contribution in [2.24, 2.45) is 0 Å². The Bertz CT molecular complexity index is 442. The summed E-state index contributed by atoms with van der Waals surface area (Å²) in [7, 11) is 1.29. The van der Waals surface area contributed by atoms with Crippen LogP contribution in [0.5, 0.6) is 0 Å². The van der Waals surface area contributed by atoms with E-state index in [2.05, 4.69) is 16.6 Å². The van der Waals surface area contributed by atoms with Crippen molar-refractivity contribution < 1.29 is 14.3 Å². The fourth-order valence-corrected chi connectivity index (χ4v) is 1.57. The maximum Gasteiger partial charge on any atom is 0.509 e. The van der Waals surface area contributed by atoms with Gasteiger partial charge in [-0.3, -0.25) is 0 Å². The molecule has 0 fully saturated rings. The molecule has 0 bridgehead atoms. The molecule has 0 aromatic heterocycles. The Morgan fingerprint density at radius 3 is 2.56 bits per heavy atom. The van der Waals surface area contributed by atoms with Gasteiger partial charge in [0.25, 0.3) is 0 Å². The normalized spacial score (nSPS) is 12.8. The van der Waals surface area contributed by atoms with E-state index >= 15 is 0 Å². The van der Waals surface area contributed by atoms with Gasteiger partial charge in [0.15, 0.2) is 5.60 Å². The lowest BCUT2D eigenvalue weighted by Gasteiger charge is -2.22. The van der Waals surface area contributed by atoms with Crippen molar-refractivity contribution in [3.63, 3.8) is 0 Å². The molecule has 0 saturated heterocycles. The van der Waals surface area contributed by atoms with Crippen LogP contribution < -0.4 is 0 Å². The predicted octanol–water partition coefficient (Wildman–Crippen LogP) is 3.38. The first kappa shape index (κ1) is 14.1. The van der Waals surface area contributed by atoms with Crippen LogP contribution in [-0.4, -0.2) is 18.9 Å². The number of methoxy groups -OCH3 is 1. The molecule has 1 atom stereocenters. The van der Waals surface area contributed by atoms with E-state index in [-0.39, 0.29) is 0 Å². The van der Waals surface area contributed by atoms with E-state index in [0.29, 0.717) is 6.42 Å². The second kappa shape index (κ2) is 6.70. The fourth-order valence-electron chi connectivity index (χ4n) is 1.57. The molecule has 0 saturated carbocycles. The van der Waals surface area contributed by atoms with E-state index in [0.717, 1.165) is 12.0 Å². The third-order valence-electron chi connectivity index (χ3n) is 2.45. The third-order valence-corrected chi connectivity index (χ3v) is 2.45. The molecule has 18 heavy (non-hydrogen) atoms. The first-order valence-electron chi connectivity index (χ1n) is 5.95. The molecule has 1 unspecified atom stereocenters. The predicted molar refractivity (Wildman–Crippen MR) is 70.1 cm³/mol. The van der Waals surface area contributed by atoms with E-state index in [1.165, 1.54) is 7.11 Å². The van der Waals surface area contributed by atoms with Gasteiger partial charge in [-0.1, -0.05) is 43.4 Å². The van der Waals surface area contributed by atoms with Gasteiger partial charge in [-0.05, 0) is 25.5 Å². The van der Waals surface area contributed by atoms with Crippen LogP contribution >= 0.6 is 0 Å². The summed E-state index contributed by atoms with van der Waals surface area (Å²) in [6.07, 6.45) is 0.840. The summed E-state index contributed by atoms with van der Waals surface area (Å²) in [6, 6.07) is 9.60. The first-order valence-corrected chi connectivity index (χ1v) is 5.95. The van der Waals surface area contributed by atoms with Crippen LogP contribution in [-0.2, 0) is 9.47 Å². The van der Waals surface area contributed by atoms with Gasteiger partial charge in [-0.2, -0.15) is 0 Å². The zero-order valence-electron chi connectivity index (χ0n) is 11.0. The number of benzene rings is 1. The molecule has 0 amide bonds. The molecule has 0 spiro atoms. The van der Waals surface area contributed by atoms with Crippen molar-refractivity contribution in [1.82, 2.24) is 0 Å². The molecule has 0 aliphatic heterocycles. The standard InChI is InChI=1S/C15H18O3/c1-4-11-15(2,18-14(16)17-3)12-10-13-8-6-5-7-9-13/h5-9H,4,11H2,1-3H3. The Morgan fingerprint density at radius 2 is 2.00 bits per heavy atom. The summed E-state index contributed by atoms with van der Waals surface area (Å²) in [5.41, 5.74) is 0.0887. The van der Waals surface area contributed by atoms with E-state index in [1.54, 1.807) is 6.92 Å². The largest absolute Gasteiger partial charge is 0.509 e. The lowest BCUT2D eigenvalue weighted by Crippen LogP contribution is -2.30. The summed E-state index contributed by atoms with van der Waals surface area (Å²) in [5.74, 6) is 6.02. The Kier molecular flexibility index (Phi) is 5.26. The topological polar surface area (TPSA) is 35.5 Å². The highest BCUT2D eigenvalue weighted by atomic mass is 16.7. The summed E-state index contributed by atoms with van der Waals surface area (Å²) in [6.45, 7) is 3.81. The minimum absolute atomic E-state index is 0.669. The Hall–Kier alpha value is -1.95. The van der Waals surface area contributed by atoms with Crippen molar-refractivity contribution >= 4 is 6.16 Å². The summed E-state index contributed by atoms with van der Waals surface area (Å²) >= 11 is 0. The van der Waals surface area contributed by atoms with Crippen LogP contribution in [0.2, 0.25) is 0 Å². The van der Waals surface area contributed by atoms with E-state index < -0.39 is 11.8 Å². The van der Waals surface area contributed by atoms with E-state index in [9.17, 15) is 4.79 Å². The number of ether oxygens (including phenoxy) is 2. The number of carbonyl (C=O) groups is 1. The molecular weight excluding hydrogens is 228 g/mol. The highest BCUT2D eigenvalue weighted by Crippen LogP contribution is 2.17. The van der Waals surface area contributed by atoms with E-state index in [1.807, 2.05) is 37.3 Å². The smallest absolute Gasteiger partial charge is 0.438 e. The average molecular weight is 246 g/mol. The second-order valence-corrected chi connectivity index (χ2v) is 4.15. The van der Waals surface area contributed by atoms with Crippen LogP contribution in [0.15, 0.2) is 30.3 Å². The monoisotopic (exact) mass is 246 g/mol. The SMILES string of the molecule is CCCC(C)(C#Cc1ccccc1)OC(=O)OC. The zero-order chi connectivity index (χ0) is 13.4. The van der Waals surface area contributed by atoms with Gasteiger partial charge in [0.1, 0.15) is 0 Å². The van der Waals surface area contributed by atoms with Crippen LogP contribution in [0.4, 0.5) is 4.79 Å². The lowest BCUT2D eigenvalue weighted by molar-refractivity contribution is 0.00936. The summed E-state index contributed by atoms with van der Waals surface area (Å²) in [5, 5.41) is 0. The van der Waals surface area contributed by atoms with Crippen molar-refractivity contribution in [2.75, 3.05) is 7.11 Å². The Balaban J connectivity index is 2.86. The van der Waals surface area contributed by atoms with Crippen LogP contribution in [0, 0.1) is 11.8 Å². The minimum atomic E-state index is -0.808. The second-order valence-electron chi connectivity index (χ2n) is 4.15. The quantitative estimate of drug-likeness (QED) is 0.606. The maximum absolute atomic E-state index is 11.2. The van der Waals surface area contributed by atoms with E-state index in [4.69, 9.17) is 4.74 Å². The van der Waals surface area contributed by atoms with Crippen LogP contribution in [0.3, 0.4) is 0 Å². The molecule has 3 nitrogen and oxygen atoms in total. The number of rotatable bonds is 3. The fraction of sp³-hybridized carbons (Fsp3) is 0.400. The molecule has 0 radical (unpaired) electrons. The van der Waals surface area contributed by atoms with Crippen molar-refractivity contribution in [1.29, 1.82) is 0 Å². The van der Waals surface area contributed by atoms with Gasteiger partial charge in [0.05, 0.1) is 7.11 Å². The Labute approximate surface area is 108 Å². The highest BCUT2D eigenvalue weighted by molar-refractivity contribution is 5.61. The lowest BCUT2D eigenvalue weighted by atomic mass is 10.0. The van der Waals surface area contributed by atoms with Gasteiger partial charge in [-0.25, -0.2) is 4.79 Å². The summed E-state index contributed by atoms with van der Waals surface area (Å²) < 4.78 is 9.73. The molecule has 3 heteroatoms. The van der Waals surface area contributed by atoms with Gasteiger partial charge in [0, 0.05) is 5.56 Å². The van der Waals surface area contributed by atoms with Gasteiger partial charge >= 0.3 is 6.16 Å². The molecule has 96 valence electrons. The zero-order valence-corrected chi connectivity index (χ0v) is 11.0. The molecule has 1 rings (SSSR count). The minimum Gasteiger partial charge on any atom is -0.438 e. The van der Waals surface area contributed by atoms with Crippen molar-refractivity contribution in [2.45, 2.75) is 32.3 Å². The third kappa shape index (κ3) is 4.50. The number of hydrogen-bond acceptors (Lipinski definition) is 3. The number of carbonyl (C=O) groups excluding carboxylic acids is 1. The molecule has 0 aliphatic carbocycles. The molecule has 0 heterocycles. The molecule has 1 aromatic rings. The molecular formula is C15H18O3. The first-order chi connectivity index (χ1) is 8.59. The summed E-state index contributed by atoms with van der Waals surface area (Å²) in [4.78, 5) is 11.2.